The van der Waals surface area contributed by atoms with E-state index in [1.807, 2.05) is 35.6 Å². The van der Waals surface area contributed by atoms with Crippen LogP contribution in [0.15, 0.2) is 164 Å². The first kappa shape index (κ1) is 27.1. The lowest BCUT2D eigenvalue weighted by molar-refractivity contribution is 1.05. The Morgan fingerprint density at radius 1 is 0.438 bits per heavy atom. The van der Waals surface area contributed by atoms with E-state index < -0.39 is 0 Å². The molecule has 0 N–H and O–H groups in total. The van der Waals surface area contributed by atoms with Crippen LogP contribution >= 0.6 is 11.3 Å². The summed E-state index contributed by atoms with van der Waals surface area (Å²) in [6, 6.07) is 58.1. The fourth-order valence-corrected chi connectivity index (χ4v) is 8.51. The van der Waals surface area contributed by atoms with Crippen LogP contribution in [0.2, 0.25) is 0 Å². The first-order valence-electron chi connectivity index (χ1n) is 16.2. The molecule has 0 bridgehead atoms. The normalized spacial score (nSPS) is 11.8. The van der Waals surface area contributed by atoms with Gasteiger partial charge in [0.25, 0.3) is 0 Å². The smallest absolute Gasteiger partial charge is 0.162 e. The van der Waals surface area contributed by atoms with Gasteiger partial charge in [-0.3, -0.25) is 4.57 Å². The molecule has 7 aromatic carbocycles. The van der Waals surface area contributed by atoms with Crippen molar-refractivity contribution < 1.29 is 0 Å². The van der Waals surface area contributed by atoms with E-state index in [9.17, 15) is 0 Å². The average molecular weight is 630 g/mol. The van der Waals surface area contributed by atoms with E-state index in [0.29, 0.717) is 5.82 Å². The van der Waals surface area contributed by atoms with Crippen molar-refractivity contribution in [3.8, 4) is 39.6 Å². The molecule has 0 saturated carbocycles. The molecule has 0 fully saturated rings. The molecule has 0 atom stereocenters. The molecule has 0 aliphatic rings. The van der Waals surface area contributed by atoms with Crippen LogP contribution in [0.25, 0.3) is 92.3 Å². The molecule has 224 valence electrons. The Hall–Kier alpha value is -6.10. The summed E-state index contributed by atoms with van der Waals surface area (Å²) in [5.74, 6) is 1.56. The minimum atomic E-state index is 0.705. The molecule has 10 aromatic rings. The molecule has 0 radical (unpaired) electrons. The highest BCUT2D eigenvalue weighted by Crippen LogP contribution is 2.48. The van der Waals surface area contributed by atoms with Crippen LogP contribution in [-0.4, -0.2) is 14.5 Å². The van der Waals surface area contributed by atoms with Crippen molar-refractivity contribution >= 4 is 64.1 Å². The molecule has 0 aliphatic carbocycles. The van der Waals surface area contributed by atoms with Gasteiger partial charge in [-0.15, -0.1) is 11.3 Å². The number of aromatic nitrogens is 3. The molecule has 0 saturated heterocycles. The predicted octanol–water partition coefficient (Wildman–Crippen LogP) is 12.1. The third-order valence-corrected chi connectivity index (χ3v) is 10.6. The van der Waals surface area contributed by atoms with Crippen LogP contribution in [-0.2, 0) is 0 Å². The zero-order chi connectivity index (χ0) is 31.6. The molecule has 48 heavy (non-hydrogen) atoms. The van der Waals surface area contributed by atoms with E-state index in [-0.39, 0.29) is 0 Å². The number of hydrogen-bond acceptors (Lipinski definition) is 3. The van der Waals surface area contributed by atoms with Gasteiger partial charge in [-0.25, -0.2) is 9.97 Å². The number of benzene rings is 7. The maximum atomic E-state index is 5.35. The lowest BCUT2D eigenvalue weighted by atomic mass is 9.97. The van der Waals surface area contributed by atoms with Gasteiger partial charge in [0, 0.05) is 43.4 Å². The van der Waals surface area contributed by atoms with Gasteiger partial charge in [-0.1, -0.05) is 140 Å². The Morgan fingerprint density at radius 2 is 1.04 bits per heavy atom. The monoisotopic (exact) mass is 629 g/mol. The Labute approximate surface area is 281 Å². The molecule has 0 unspecified atom stereocenters. The summed E-state index contributed by atoms with van der Waals surface area (Å²) in [6.07, 6.45) is 0. The van der Waals surface area contributed by atoms with Gasteiger partial charge >= 0.3 is 0 Å². The van der Waals surface area contributed by atoms with Gasteiger partial charge in [-0.05, 0) is 40.1 Å². The topological polar surface area (TPSA) is 30.7 Å². The van der Waals surface area contributed by atoms with Crippen LogP contribution < -0.4 is 0 Å². The fraction of sp³-hybridized carbons (Fsp3) is 0. The van der Waals surface area contributed by atoms with Crippen LogP contribution in [0, 0.1) is 0 Å². The van der Waals surface area contributed by atoms with Crippen molar-refractivity contribution in [1.82, 2.24) is 14.5 Å². The van der Waals surface area contributed by atoms with E-state index in [0.717, 1.165) is 28.2 Å². The third kappa shape index (κ3) is 4.13. The van der Waals surface area contributed by atoms with Crippen LogP contribution in [0.5, 0.6) is 0 Å². The highest BCUT2D eigenvalue weighted by molar-refractivity contribution is 7.27. The maximum Gasteiger partial charge on any atom is 0.162 e. The quantitative estimate of drug-likeness (QED) is 0.194. The second kappa shape index (κ2) is 10.7. The second-order valence-electron chi connectivity index (χ2n) is 12.2. The number of hydrogen-bond donors (Lipinski definition) is 0. The fourth-order valence-electron chi connectivity index (χ4n) is 7.25. The van der Waals surface area contributed by atoms with Gasteiger partial charge in [0.2, 0.25) is 0 Å². The third-order valence-electron chi connectivity index (χ3n) is 9.39. The summed E-state index contributed by atoms with van der Waals surface area (Å²) in [4.78, 5) is 10.5. The van der Waals surface area contributed by atoms with Gasteiger partial charge in [0.05, 0.1) is 21.4 Å². The van der Waals surface area contributed by atoms with Crippen molar-refractivity contribution in [2.24, 2.45) is 0 Å². The van der Waals surface area contributed by atoms with E-state index in [1.54, 1.807) is 0 Å². The lowest BCUT2D eigenvalue weighted by Crippen LogP contribution is -2.02. The number of fused-ring (bicyclic) bond motifs is 10. The standard InChI is InChI=1S/C44H27N3S/c1-4-14-28(15-5-1)31-24-25-37-35(26-31)40-32-20-10-11-21-33(32)41-34-22-12-13-23-38(34)48-43(41)42(40)47(37)39-27-36(29-16-6-2-7-17-29)45-44(46-39)30-18-8-3-9-19-30/h1-27H. The summed E-state index contributed by atoms with van der Waals surface area (Å²) < 4.78 is 4.94. The molecule has 3 nitrogen and oxygen atoms in total. The number of rotatable bonds is 4. The molecular formula is C44H27N3S. The number of thiophene rings is 1. The first-order chi connectivity index (χ1) is 23.8. The van der Waals surface area contributed by atoms with E-state index >= 15 is 0 Å². The SMILES string of the molecule is c1ccc(-c2ccc3c(c2)c2c4ccccc4c4c5ccccc5sc4c2n3-c2cc(-c3ccccc3)nc(-c3ccccc3)n2)cc1. The zero-order valence-electron chi connectivity index (χ0n) is 25.8. The van der Waals surface area contributed by atoms with Crippen LogP contribution in [0.4, 0.5) is 0 Å². The summed E-state index contributed by atoms with van der Waals surface area (Å²) in [7, 11) is 0. The molecule has 0 aliphatic heterocycles. The summed E-state index contributed by atoms with van der Waals surface area (Å²) in [6.45, 7) is 0. The van der Waals surface area contributed by atoms with Gasteiger partial charge < -0.3 is 0 Å². The van der Waals surface area contributed by atoms with E-state index in [2.05, 4.69) is 144 Å². The molecule has 10 rings (SSSR count). The Balaban J connectivity index is 1.41. The van der Waals surface area contributed by atoms with Crippen LogP contribution in [0.1, 0.15) is 0 Å². The Bertz CT molecular complexity index is 2760. The summed E-state index contributed by atoms with van der Waals surface area (Å²) in [5, 5.41) is 7.57. The lowest BCUT2D eigenvalue weighted by Gasteiger charge is -2.13. The highest BCUT2D eigenvalue weighted by atomic mass is 32.1. The molecular weight excluding hydrogens is 603 g/mol. The minimum Gasteiger partial charge on any atom is -0.292 e. The van der Waals surface area contributed by atoms with Crippen molar-refractivity contribution in [2.75, 3.05) is 0 Å². The average Bonchev–Trinajstić information content (AvgIpc) is 3.72. The van der Waals surface area contributed by atoms with Crippen molar-refractivity contribution in [3.63, 3.8) is 0 Å². The first-order valence-corrected chi connectivity index (χ1v) is 17.0. The molecule has 4 heteroatoms. The Morgan fingerprint density at radius 3 is 1.77 bits per heavy atom. The molecule has 3 aromatic heterocycles. The van der Waals surface area contributed by atoms with Gasteiger partial charge in [0.1, 0.15) is 5.82 Å². The van der Waals surface area contributed by atoms with Crippen molar-refractivity contribution in [2.45, 2.75) is 0 Å². The number of nitrogens with zero attached hydrogens (tertiary/aromatic N) is 3. The second-order valence-corrected chi connectivity index (χ2v) is 13.2. The molecule has 3 heterocycles. The maximum absolute atomic E-state index is 5.35. The van der Waals surface area contributed by atoms with Crippen LogP contribution in [0.3, 0.4) is 0 Å². The molecule has 0 amide bonds. The summed E-state index contributed by atoms with van der Waals surface area (Å²) >= 11 is 1.87. The van der Waals surface area contributed by atoms with E-state index in [1.165, 1.54) is 58.4 Å². The minimum absolute atomic E-state index is 0.705. The summed E-state index contributed by atoms with van der Waals surface area (Å²) in [5.41, 5.74) is 7.64. The van der Waals surface area contributed by atoms with Crippen molar-refractivity contribution in [3.05, 3.63) is 164 Å². The highest BCUT2D eigenvalue weighted by Gasteiger charge is 2.23. The van der Waals surface area contributed by atoms with Gasteiger partial charge in [-0.2, -0.15) is 0 Å². The zero-order valence-corrected chi connectivity index (χ0v) is 26.7. The van der Waals surface area contributed by atoms with Crippen molar-refractivity contribution in [1.29, 1.82) is 0 Å². The van der Waals surface area contributed by atoms with E-state index in [4.69, 9.17) is 9.97 Å². The Kier molecular flexibility index (Phi) is 6.05. The largest absolute Gasteiger partial charge is 0.292 e. The van der Waals surface area contributed by atoms with Gasteiger partial charge in [0.15, 0.2) is 5.82 Å². The predicted molar refractivity (Wildman–Crippen MR) is 203 cm³/mol. The molecule has 0 spiro atoms.